The fourth-order valence-electron chi connectivity index (χ4n) is 7.05. The van der Waals surface area contributed by atoms with Crippen LogP contribution in [0.25, 0.3) is 97.9 Å². The third-order valence-electron chi connectivity index (χ3n) is 9.31. The van der Waals surface area contributed by atoms with Gasteiger partial charge in [0.15, 0.2) is 0 Å². The molecule has 7 aromatic carbocycles. The number of nitrogens with zero attached hydrogens (tertiary/aromatic N) is 2. The molecule has 3 nitrogen and oxygen atoms in total. The van der Waals surface area contributed by atoms with Gasteiger partial charge in [0.1, 0.15) is 16.2 Å². The lowest BCUT2D eigenvalue weighted by molar-refractivity contribution is 0.669. The molecule has 10 aromatic rings. The topological polar surface area (TPSA) is 38.9 Å². The number of aromatic nitrogens is 2. The number of fused-ring (bicyclic) bond motifs is 7. The maximum atomic E-state index is 6.55. The van der Waals surface area contributed by atoms with E-state index in [1.54, 1.807) is 11.3 Å². The highest BCUT2D eigenvalue weighted by Gasteiger charge is 2.21. The van der Waals surface area contributed by atoms with E-state index in [0.29, 0.717) is 0 Å². The van der Waals surface area contributed by atoms with Gasteiger partial charge in [0.05, 0.1) is 21.4 Å². The van der Waals surface area contributed by atoms with Gasteiger partial charge in [-0.25, -0.2) is 9.97 Å². The molecule has 3 aromatic heterocycles. The van der Waals surface area contributed by atoms with Crippen LogP contribution in [-0.4, -0.2) is 9.97 Å². The monoisotopic (exact) mass is 630 g/mol. The summed E-state index contributed by atoms with van der Waals surface area (Å²) in [6, 6.07) is 55.5. The molecule has 10 rings (SSSR count). The molecular formula is C44H26N2OS. The van der Waals surface area contributed by atoms with E-state index < -0.39 is 0 Å². The van der Waals surface area contributed by atoms with Crippen molar-refractivity contribution in [3.05, 3.63) is 158 Å². The van der Waals surface area contributed by atoms with Crippen LogP contribution >= 0.6 is 11.3 Å². The Hall–Kier alpha value is -6.10. The standard InChI is InChI=1S/C44H26N2OS/c1-2-10-30(11-3-1)43-34-26-38-42(33-13-5-8-16-37(33)47-38)40(41(34)32-12-4-6-14-35(32)45-43)29-22-18-27(19-23-29)28-20-24-31(25-21-28)44-46-36-15-7-9-17-39(36)48-44/h1-26H. The summed E-state index contributed by atoms with van der Waals surface area (Å²) < 4.78 is 7.76. The second-order valence-corrected chi connectivity index (χ2v) is 13.2. The number of pyridine rings is 1. The molecule has 224 valence electrons. The smallest absolute Gasteiger partial charge is 0.136 e. The first-order valence-electron chi connectivity index (χ1n) is 16.1. The number of rotatable bonds is 4. The van der Waals surface area contributed by atoms with Gasteiger partial charge in [-0.15, -0.1) is 11.3 Å². The molecule has 0 aliphatic rings. The first-order valence-corrected chi connectivity index (χ1v) is 16.9. The summed E-state index contributed by atoms with van der Waals surface area (Å²) in [4.78, 5) is 10.1. The number of benzene rings is 7. The van der Waals surface area contributed by atoms with E-state index in [1.807, 2.05) is 18.2 Å². The Labute approximate surface area is 280 Å². The Balaban J connectivity index is 1.17. The summed E-state index contributed by atoms with van der Waals surface area (Å²) in [5, 5.41) is 6.68. The van der Waals surface area contributed by atoms with Crippen molar-refractivity contribution in [3.63, 3.8) is 0 Å². The average molecular weight is 631 g/mol. The maximum Gasteiger partial charge on any atom is 0.136 e. The van der Waals surface area contributed by atoms with Crippen LogP contribution in [0.2, 0.25) is 0 Å². The fraction of sp³-hybridized carbons (Fsp3) is 0. The van der Waals surface area contributed by atoms with Crippen LogP contribution < -0.4 is 0 Å². The van der Waals surface area contributed by atoms with Crippen LogP contribution in [-0.2, 0) is 0 Å². The minimum atomic E-state index is 0.863. The van der Waals surface area contributed by atoms with Gasteiger partial charge in [-0.3, -0.25) is 0 Å². The van der Waals surface area contributed by atoms with Crippen molar-refractivity contribution < 1.29 is 4.42 Å². The van der Waals surface area contributed by atoms with Gasteiger partial charge in [0, 0.05) is 43.6 Å². The Bertz CT molecular complexity index is 2780. The largest absolute Gasteiger partial charge is 0.456 e. The number of para-hydroxylation sites is 3. The fourth-order valence-corrected chi connectivity index (χ4v) is 8.02. The molecule has 0 saturated carbocycles. The minimum absolute atomic E-state index is 0.863. The number of thiazole rings is 1. The molecule has 0 amide bonds. The summed E-state index contributed by atoms with van der Waals surface area (Å²) in [6.45, 7) is 0. The normalized spacial score (nSPS) is 11.8. The summed E-state index contributed by atoms with van der Waals surface area (Å²) in [7, 11) is 0. The lowest BCUT2D eigenvalue weighted by Gasteiger charge is -2.16. The molecule has 0 aliphatic heterocycles. The minimum Gasteiger partial charge on any atom is -0.456 e. The SMILES string of the molecule is c1ccc(-c2nc3ccccc3c3c(-c4ccc(-c5ccc(-c6nc7ccccc7s6)cc5)cc4)c4c(cc23)oc2ccccc24)cc1. The highest BCUT2D eigenvalue weighted by atomic mass is 32.1. The molecule has 0 N–H and O–H groups in total. The van der Waals surface area contributed by atoms with Crippen LogP contribution in [0.5, 0.6) is 0 Å². The van der Waals surface area contributed by atoms with Crippen LogP contribution in [0.3, 0.4) is 0 Å². The van der Waals surface area contributed by atoms with Crippen molar-refractivity contribution >= 4 is 65.2 Å². The molecule has 0 fully saturated rings. The number of hydrogen-bond acceptors (Lipinski definition) is 4. The lowest BCUT2D eigenvalue weighted by atomic mass is 9.89. The van der Waals surface area contributed by atoms with Crippen LogP contribution in [0.4, 0.5) is 0 Å². The van der Waals surface area contributed by atoms with Crippen LogP contribution in [0.15, 0.2) is 162 Å². The molecular weight excluding hydrogens is 605 g/mol. The van der Waals surface area contributed by atoms with Gasteiger partial charge >= 0.3 is 0 Å². The van der Waals surface area contributed by atoms with E-state index in [0.717, 1.165) is 71.1 Å². The first-order chi connectivity index (χ1) is 23.8. The summed E-state index contributed by atoms with van der Waals surface area (Å²) in [5.74, 6) is 0. The zero-order valence-electron chi connectivity index (χ0n) is 25.7. The van der Waals surface area contributed by atoms with E-state index in [2.05, 4.69) is 140 Å². The highest BCUT2D eigenvalue weighted by Crippen LogP contribution is 2.46. The molecule has 0 aliphatic carbocycles. The van der Waals surface area contributed by atoms with Crippen molar-refractivity contribution in [2.45, 2.75) is 0 Å². The Kier molecular flexibility index (Phi) is 6.05. The second kappa shape index (κ2) is 10.7. The molecule has 4 heteroatoms. The quantitative estimate of drug-likeness (QED) is 0.182. The molecule has 0 atom stereocenters. The second-order valence-electron chi connectivity index (χ2n) is 12.1. The predicted octanol–water partition coefficient (Wildman–Crippen LogP) is 12.6. The zero-order chi connectivity index (χ0) is 31.6. The predicted molar refractivity (Wildman–Crippen MR) is 201 cm³/mol. The van der Waals surface area contributed by atoms with E-state index in [4.69, 9.17) is 14.4 Å². The third-order valence-corrected chi connectivity index (χ3v) is 10.4. The summed E-state index contributed by atoms with van der Waals surface area (Å²) in [6.07, 6.45) is 0. The van der Waals surface area contributed by atoms with Gasteiger partial charge in [-0.1, -0.05) is 127 Å². The van der Waals surface area contributed by atoms with E-state index in [9.17, 15) is 0 Å². The highest BCUT2D eigenvalue weighted by molar-refractivity contribution is 7.21. The summed E-state index contributed by atoms with van der Waals surface area (Å²) >= 11 is 1.73. The third kappa shape index (κ3) is 4.27. The Morgan fingerprint density at radius 1 is 0.417 bits per heavy atom. The van der Waals surface area contributed by atoms with Gasteiger partial charge in [-0.05, 0) is 47.0 Å². The van der Waals surface area contributed by atoms with Crippen molar-refractivity contribution in [2.24, 2.45) is 0 Å². The van der Waals surface area contributed by atoms with Crippen LogP contribution in [0, 0.1) is 0 Å². The molecule has 0 spiro atoms. The first kappa shape index (κ1) is 27.1. The molecule has 0 saturated heterocycles. The lowest BCUT2D eigenvalue weighted by Crippen LogP contribution is -1.93. The van der Waals surface area contributed by atoms with Gasteiger partial charge in [-0.2, -0.15) is 0 Å². The number of furan rings is 1. The van der Waals surface area contributed by atoms with Crippen molar-refractivity contribution in [1.29, 1.82) is 0 Å². The van der Waals surface area contributed by atoms with Crippen molar-refractivity contribution in [2.75, 3.05) is 0 Å². The zero-order valence-corrected chi connectivity index (χ0v) is 26.5. The Morgan fingerprint density at radius 3 is 1.81 bits per heavy atom. The average Bonchev–Trinajstić information content (AvgIpc) is 3.76. The van der Waals surface area contributed by atoms with E-state index in [-0.39, 0.29) is 0 Å². The summed E-state index contributed by atoms with van der Waals surface area (Å²) in [5.41, 5.74) is 11.6. The van der Waals surface area contributed by atoms with Gasteiger partial charge in [0.2, 0.25) is 0 Å². The van der Waals surface area contributed by atoms with Crippen molar-refractivity contribution in [1.82, 2.24) is 9.97 Å². The molecule has 0 radical (unpaired) electrons. The van der Waals surface area contributed by atoms with E-state index in [1.165, 1.54) is 26.8 Å². The van der Waals surface area contributed by atoms with Gasteiger partial charge in [0.25, 0.3) is 0 Å². The molecule has 0 unspecified atom stereocenters. The van der Waals surface area contributed by atoms with E-state index >= 15 is 0 Å². The molecule has 0 bridgehead atoms. The maximum absolute atomic E-state index is 6.55. The molecule has 48 heavy (non-hydrogen) atoms. The number of hydrogen-bond donors (Lipinski definition) is 0. The van der Waals surface area contributed by atoms with Gasteiger partial charge < -0.3 is 4.42 Å². The Morgan fingerprint density at radius 2 is 1.04 bits per heavy atom. The van der Waals surface area contributed by atoms with Crippen molar-refractivity contribution in [3.8, 4) is 44.1 Å². The van der Waals surface area contributed by atoms with Crippen LogP contribution in [0.1, 0.15) is 0 Å². The molecule has 3 heterocycles.